The van der Waals surface area contributed by atoms with Gasteiger partial charge in [-0.25, -0.2) is 0 Å². The van der Waals surface area contributed by atoms with Gasteiger partial charge in [0.1, 0.15) is 5.15 Å². The number of aryl methyl sites for hydroxylation is 2. The molecule has 28 heavy (non-hydrogen) atoms. The van der Waals surface area contributed by atoms with Crippen molar-refractivity contribution in [1.82, 2.24) is 9.78 Å². The lowest BCUT2D eigenvalue weighted by molar-refractivity contribution is -0.117. The Morgan fingerprint density at radius 1 is 1.39 bits per heavy atom. The zero-order chi connectivity index (χ0) is 20.1. The van der Waals surface area contributed by atoms with Crippen molar-refractivity contribution in [2.75, 3.05) is 16.8 Å². The summed E-state index contributed by atoms with van der Waals surface area (Å²) in [7, 11) is 0. The number of benzene rings is 1. The van der Waals surface area contributed by atoms with Crippen LogP contribution in [0.4, 0.5) is 11.4 Å². The molecule has 6 nitrogen and oxygen atoms in total. The molecule has 0 saturated carbocycles. The van der Waals surface area contributed by atoms with E-state index in [1.807, 2.05) is 25.1 Å². The minimum absolute atomic E-state index is 0.119. The summed E-state index contributed by atoms with van der Waals surface area (Å²) >= 11 is 6.40. The molecule has 2 aromatic rings. The van der Waals surface area contributed by atoms with E-state index in [0.717, 1.165) is 49.3 Å². The zero-order valence-electron chi connectivity index (χ0n) is 16.2. The van der Waals surface area contributed by atoms with E-state index in [9.17, 15) is 9.59 Å². The standard InChI is InChI=1S/C21H25ClN4O2/c1-3-4-13-26-21(22)18(15(2)24-26)10-11-19(27)23-16-7-5-8-17(14-16)25-12-6-9-20(25)28/h5,7-8,10-11,14H,3-4,6,9,12-13H2,1-2H3,(H,23,27)/b11-10+. The molecule has 2 heterocycles. The van der Waals surface area contributed by atoms with Crippen LogP contribution in [0.3, 0.4) is 0 Å². The molecule has 7 heteroatoms. The van der Waals surface area contributed by atoms with Gasteiger partial charge in [0.2, 0.25) is 11.8 Å². The Balaban J connectivity index is 1.68. The Bertz CT molecular complexity index is 904. The summed E-state index contributed by atoms with van der Waals surface area (Å²) in [6.07, 6.45) is 6.64. The Labute approximate surface area is 170 Å². The predicted octanol–water partition coefficient (Wildman–Crippen LogP) is 4.42. The molecule has 0 radical (unpaired) electrons. The highest BCUT2D eigenvalue weighted by molar-refractivity contribution is 6.31. The van der Waals surface area contributed by atoms with Gasteiger partial charge < -0.3 is 10.2 Å². The van der Waals surface area contributed by atoms with Crippen LogP contribution in [-0.4, -0.2) is 28.1 Å². The normalized spacial score (nSPS) is 14.2. The first-order valence-corrected chi connectivity index (χ1v) is 9.99. The maximum absolute atomic E-state index is 12.3. The third kappa shape index (κ3) is 4.62. The number of carbonyl (C=O) groups is 2. The van der Waals surface area contributed by atoms with Gasteiger partial charge >= 0.3 is 0 Å². The highest BCUT2D eigenvalue weighted by atomic mass is 35.5. The number of halogens is 1. The molecule has 0 unspecified atom stereocenters. The molecular formula is C21H25ClN4O2. The van der Waals surface area contributed by atoms with Crippen LogP contribution in [0.5, 0.6) is 0 Å². The lowest BCUT2D eigenvalue weighted by Crippen LogP contribution is -2.23. The van der Waals surface area contributed by atoms with Gasteiger partial charge in [-0.05, 0) is 44.0 Å². The monoisotopic (exact) mass is 400 g/mol. The summed E-state index contributed by atoms with van der Waals surface area (Å²) in [5, 5.41) is 7.82. The van der Waals surface area contributed by atoms with E-state index in [4.69, 9.17) is 11.6 Å². The van der Waals surface area contributed by atoms with Crippen molar-refractivity contribution in [3.8, 4) is 0 Å². The largest absolute Gasteiger partial charge is 0.322 e. The van der Waals surface area contributed by atoms with E-state index in [1.54, 1.807) is 21.7 Å². The molecule has 0 bridgehead atoms. The number of unbranched alkanes of at least 4 members (excludes halogenated alkanes) is 1. The molecule has 0 aliphatic carbocycles. The Kier molecular flexibility index (Phi) is 6.52. The van der Waals surface area contributed by atoms with Crippen LogP contribution < -0.4 is 10.2 Å². The number of hydrogen-bond donors (Lipinski definition) is 1. The summed E-state index contributed by atoms with van der Waals surface area (Å²) in [4.78, 5) is 26.0. The van der Waals surface area contributed by atoms with Gasteiger partial charge in [0.15, 0.2) is 0 Å². The molecule has 1 saturated heterocycles. The van der Waals surface area contributed by atoms with E-state index in [-0.39, 0.29) is 11.8 Å². The van der Waals surface area contributed by atoms with Crippen LogP contribution in [0.2, 0.25) is 5.15 Å². The molecule has 2 amide bonds. The highest BCUT2D eigenvalue weighted by Crippen LogP contribution is 2.25. The maximum atomic E-state index is 12.3. The second-order valence-corrected chi connectivity index (χ2v) is 7.25. The molecular weight excluding hydrogens is 376 g/mol. The minimum Gasteiger partial charge on any atom is -0.322 e. The summed E-state index contributed by atoms with van der Waals surface area (Å²) in [5.41, 5.74) is 3.00. The van der Waals surface area contributed by atoms with Crippen molar-refractivity contribution < 1.29 is 9.59 Å². The molecule has 1 aliphatic rings. The second-order valence-electron chi connectivity index (χ2n) is 6.89. The number of nitrogens with zero attached hydrogens (tertiary/aromatic N) is 3. The van der Waals surface area contributed by atoms with E-state index >= 15 is 0 Å². The molecule has 1 aliphatic heterocycles. The van der Waals surface area contributed by atoms with Crippen LogP contribution in [0.25, 0.3) is 6.08 Å². The van der Waals surface area contributed by atoms with Gasteiger partial charge in [-0.1, -0.05) is 31.0 Å². The second kappa shape index (κ2) is 9.06. The predicted molar refractivity (Wildman–Crippen MR) is 113 cm³/mol. The third-order valence-corrected chi connectivity index (χ3v) is 5.13. The fourth-order valence-corrected chi connectivity index (χ4v) is 3.55. The van der Waals surface area contributed by atoms with Gasteiger partial charge in [-0.15, -0.1) is 0 Å². The summed E-state index contributed by atoms with van der Waals surface area (Å²) in [6, 6.07) is 7.33. The Morgan fingerprint density at radius 2 is 2.21 bits per heavy atom. The van der Waals surface area contributed by atoms with E-state index < -0.39 is 0 Å². The number of anilines is 2. The van der Waals surface area contributed by atoms with Gasteiger partial charge in [0.05, 0.1) is 5.69 Å². The van der Waals surface area contributed by atoms with Gasteiger partial charge in [-0.3, -0.25) is 14.3 Å². The number of nitrogens with one attached hydrogen (secondary N) is 1. The van der Waals surface area contributed by atoms with Crippen molar-refractivity contribution in [1.29, 1.82) is 0 Å². The zero-order valence-corrected chi connectivity index (χ0v) is 17.0. The van der Waals surface area contributed by atoms with Crippen LogP contribution >= 0.6 is 11.6 Å². The number of hydrogen-bond acceptors (Lipinski definition) is 3. The minimum atomic E-state index is -0.262. The summed E-state index contributed by atoms with van der Waals surface area (Å²) in [6.45, 7) is 5.47. The SMILES string of the molecule is CCCCn1nc(C)c(/C=C/C(=O)Nc2cccc(N3CCCC3=O)c2)c1Cl. The van der Waals surface area contributed by atoms with Crippen molar-refractivity contribution in [2.45, 2.75) is 46.1 Å². The molecule has 1 N–H and O–H groups in total. The lowest BCUT2D eigenvalue weighted by atomic mass is 10.2. The van der Waals surface area contributed by atoms with Crippen molar-refractivity contribution in [3.05, 3.63) is 46.8 Å². The van der Waals surface area contributed by atoms with Crippen LogP contribution in [0, 0.1) is 6.92 Å². The Hall–Kier alpha value is -2.60. The fourth-order valence-electron chi connectivity index (χ4n) is 3.23. The first-order valence-electron chi connectivity index (χ1n) is 9.62. The smallest absolute Gasteiger partial charge is 0.248 e. The van der Waals surface area contributed by atoms with Crippen LogP contribution in [0.15, 0.2) is 30.3 Å². The molecule has 1 fully saturated rings. The van der Waals surface area contributed by atoms with Crippen LogP contribution in [0.1, 0.15) is 43.9 Å². The Morgan fingerprint density at radius 3 is 2.93 bits per heavy atom. The number of aromatic nitrogens is 2. The quantitative estimate of drug-likeness (QED) is 0.699. The van der Waals surface area contributed by atoms with Gasteiger partial charge in [0.25, 0.3) is 0 Å². The van der Waals surface area contributed by atoms with Gasteiger partial charge in [0, 0.05) is 42.5 Å². The third-order valence-electron chi connectivity index (χ3n) is 4.73. The molecule has 3 rings (SSSR count). The van der Waals surface area contributed by atoms with E-state index in [1.165, 1.54) is 6.08 Å². The highest BCUT2D eigenvalue weighted by Gasteiger charge is 2.21. The number of carbonyl (C=O) groups excluding carboxylic acids is 2. The lowest BCUT2D eigenvalue weighted by Gasteiger charge is -2.16. The van der Waals surface area contributed by atoms with Gasteiger partial charge in [-0.2, -0.15) is 5.10 Å². The first-order chi connectivity index (χ1) is 13.5. The van der Waals surface area contributed by atoms with Crippen molar-refractivity contribution in [3.63, 3.8) is 0 Å². The van der Waals surface area contributed by atoms with E-state index in [0.29, 0.717) is 17.3 Å². The average molecular weight is 401 g/mol. The van der Waals surface area contributed by atoms with Crippen LogP contribution in [-0.2, 0) is 16.1 Å². The average Bonchev–Trinajstić information content (AvgIpc) is 3.21. The topological polar surface area (TPSA) is 67.2 Å². The first kappa shape index (κ1) is 20.1. The van der Waals surface area contributed by atoms with Crippen molar-refractivity contribution >= 4 is 40.9 Å². The molecule has 1 aromatic heterocycles. The summed E-state index contributed by atoms with van der Waals surface area (Å²) in [5.74, 6) is -0.143. The van der Waals surface area contributed by atoms with E-state index in [2.05, 4.69) is 17.3 Å². The number of amides is 2. The molecule has 0 spiro atoms. The fraction of sp³-hybridized carbons (Fsp3) is 0.381. The molecule has 0 atom stereocenters. The number of rotatable bonds is 7. The summed E-state index contributed by atoms with van der Waals surface area (Å²) < 4.78 is 1.77. The molecule has 148 valence electrons. The van der Waals surface area contributed by atoms with Crippen molar-refractivity contribution in [2.24, 2.45) is 0 Å². The molecule has 1 aromatic carbocycles. The maximum Gasteiger partial charge on any atom is 0.248 e.